The van der Waals surface area contributed by atoms with E-state index in [0.29, 0.717) is 17.5 Å². The number of hydrogen-bond donors (Lipinski definition) is 2. The van der Waals surface area contributed by atoms with Crippen molar-refractivity contribution in [2.24, 2.45) is 0 Å². The Kier molecular flexibility index (Phi) is 8.62. The summed E-state index contributed by atoms with van der Waals surface area (Å²) in [5, 5.41) is 4.22. The quantitative estimate of drug-likeness (QED) is 0.374. The number of halogens is 3. The Balaban J connectivity index is 2.44. The molecule has 1 unspecified atom stereocenters. The van der Waals surface area contributed by atoms with Crippen molar-refractivity contribution in [3.63, 3.8) is 0 Å². The van der Waals surface area contributed by atoms with Crippen LogP contribution >= 0.6 is 0 Å². The van der Waals surface area contributed by atoms with Gasteiger partial charge in [0.25, 0.3) is 5.91 Å². The lowest BCUT2D eigenvalue weighted by atomic mass is 10.1. The molecule has 0 aromatic heterocycles. The molecule has 1 atom stereocenters. The highest BCUT2D eigenvalue weighted by atomic mass is 19.4. The minimum absolute atomic E-state index is 0.0718. The van der Waals surface area contributed by atoms with Crippen LogP contribution < -0.4 is 10.6 Å². The Labute approximate surface area is 159 Å². The number of benzene rings is 1. The number of esters is 1. The van der Waals surface area contributed by atoms with Crippen LogP contribution in [0.1, 0.15) is 46.9 Å². The molecule has 7 nitrogen and oxygen atoms in total. The van der Waals surface area contributed by atoms with E-state index < -0.39 is 24.1 Å². The highest BCUT2D eigenvalue weighted by molar-refractivity contribution is 5.97. The summed E-state index contributed by atoms with van der Waals surface area (Å²) in [6, 6.07) is 4.65. The van der Waals surface area contributed by atoms with Crippen LogP contribution in [0.3, 0.4) is 0 Å². The van der Waals surface area contributed by atoms with Crippen LogP contribution in [-0.2, 0) is 14.3 Å². The van der Waals surface area contributed by atoms with Crippen LogP contribution in [0, 0.1) is 0 Å². The Morgan fingerprint density at radius 3 is 2.11 bits per heavy atom. The molecule has 0 fully saturated rings. The van der Waals surface area contributed by atoms with E-state index in [9.17, 15) is 32.3 Å². The molecule has 0 radical (unpaired) electrons. The number of amides is 2. The molecule has 0 aliphatic carbocycles. The van der Waals surface area contributed by atoms with Gasteiger partial charge in [-0.1, -0.05) is 12.1 Å². The van der Waals surface area contributed by atoms with E-state index in [1.807, 2.05) is 0 Å². The van der Waals surface area contributed by atoms with Crippen LogP contribution in [0.25, 0.3) is 0 Å². The smallest absolute Gasteiger partial charge is 0.467 e. The first-order chi connectivity index (χ1) is 13.1. The van der Waals surface area contributed by atoms with Gasteiger partial charge in [0.05, 0.1) is 7.11 Å². The third kappa shape index (κ3) is 7.37. The van der Waals surface area contributed by atoms with E-state index in [0.717, 1.165) is 7.11 Å². The molecule has 10 heteroatoms. The second-order valence-corrected chi connectivity index (χ2v) is 5.93. The summed E-state index contributed by atoms with van der Waals surface area (Å²) in [5.74, 6) is -3.69. The molecule has 154 valence electrons. The highest BCUT2D eigenvalue weighted by Gasteiger charge is 2.40. The van der Waals surface area contributed by atoms with Crippen molar-refractivity contribution in [3.05, 3.63) is 35.4 Å². The molecular weight excluding hydrogens is 381 g/mol. The number of Topliss-reactive ketones (excluding diaryl/α,β-unsaturated/α-hetero) is 1. The predicted octanol–water partition coefficient (Wildman–Crippen LogP) is 2.01. The highest BCUT2D eigenvalue weighted by Crippen LogP contribution is 2.15. The van der Waals surface area contributed by atoms with Crippen molar-refractivity contribution in [2.75, 3.05) is 13.7 Å². The summed E-state index contributed by atoms with van der Waals surface area (Å²) < 4.78 is 41.3. The average molecular weight is 402 g/mol. The normalized spacial score (nSPS) is 12.0. The van der Waals surface area contributed by atoms with Gasteiger partial charge in [-0.15, -0.1) is 0 Å². The Morgan fingerprint density at radius 1 is 1.04 bits per heavy atom. The predicted molar refractivity (Wildman–Crippen MR) is 92.6 cm³/mol. The third-order valence-electron chi connectivity index (χ3n) is 3.81. The maximum absolute atomic E-state index is 12.3. The molecular formula is C18H21F3N2O5. The number of methoxy groups -OCH3 is 1. The maximum Gasteiger partial charge on any atom is 0.471 e. The van der Waals surface area contributed by atoms with E-state index in [1.54, 1.807) is 5.32 Å². The molecule has 0 aliphatic heterocycles. The monoisotopic (exact) mass is 402 g/mol. The first kappa shape index (κ1) is 23.1. The first-order valence-electron chi connectivity index (χ1n) is 8.41. The second kappa shape index (κ2) is 10.4. The van der Waals surface area contributed by atoms with E-state index in [4.69, 9.17) is 0 Å². The van der Waals surface area contributed by atoms with E-state index >= 15 is 0 Å². The number of ketones is 1. The van der Waals surface area contributed by atoms with Gasteiger partial charge in [-0.25, -0.2) is 4.79 Å². The Bertz CT molecular complexity index is 717. The van der Waals surface area contributed by atoms with Gasteiger partial charge in [0.1, 0.15) is 6.04 Å². The van der Waals surface area contributed by atoms with Crippen LogP contribution in [0.15, 0.2) is 24.3 Å². The van der Waals surface area contributed by atoms with E-state index in [-0.39, 0.29) is 31.1 Å². The van der Waals surface area contributed by atoms with Crippen LogP contribution in [0.5, 0.6) is 0 Å². The summed E-state index contributed by atoms with van der Waals surface area (Å²) in [4.78, 5) is 45.7. The minimum atomic E-state index is -5.10. The molecule has 0 aliphatic rings. The van der Waals surface area contributed by atoms with Crippen molar-refractivity contribution in [2.45, 2.75) is 38.4 Å². The van der Waals surface area contributed by atoms with Crippen molar-refractivity contribution >= 4 is 23.6 Å². The average Bonchev–Trinajstić information content (AvgIpc) is 2.65. The molecule has 0 saturated heterocycles. The van der Waals surface area contributed by atoms with Gasteiger partial charge in [0.2, 0.25) is 0 Å². The number of nitrogens with one attached hydrogen (secondary N) is 2. The number of hydrogen-bond acceptors (Lipinski definition) is 5. The van der Waals surface area contributed by atoms with Gasteiger partial charge < -0.3 is 15.4 Å². The zero-order valence-corrected chi connectivity index (χ0v) is 15.4. The fraction of sp³-hybridized carbons (Fsp3) is 0.444. The number of carbonyl (C=O) groups excluding carboxylic acids is 4. The lowest BCUT2D eigenvalue weighted by Gasteiger charge is -2.17. The molecule has 1 aromatic carbocycles. The van der Waals surface area contributed by atoms with Crippen molar-refractivity contribution in [3.8, 4) is 0 Å². The molecule has 0 heterocycles. The zero-order chi connectivity index (χ0) is 21.3. The topological polar surface area (TPSA) is 102 Å². The van der Waals surface area contributed by atoms with Gasteiger partial charge >= 0.3 is 18.1 Å². The Morgan fingerprint density at radius 2 is 1.61 bits per heavy atom. The van der Waals surface area contributed by atoms with Crippen molar-refractivity contribution in [1.82, 2.24) is 10.6 Å². The molecule has 1 aromatic rings. The fourth-order valence-electron chi connectivity index (χ4n) is 2.27. The number of unbranched alkanes of at least 4 members (excludes halogenated alkanes) is 1. The summed E-state index contributed by atoms with van der Waals surface area (Å²) in [5.41, 5.74) is 0.834. The molecule has 28 heavy (non-hydrogen) atoms. The SMILES string of the molecule is COC(=O)C(CCCCNC(=O)c1ccc(C(C)=O)cc1)NC(=O)C(F)(F)F. The van der Waals surface area contributed by atoms with Gasteiger partial charge in [0, 0.05) is 17.7 Å². The molecule has 0 bridgehead atoms. The second-order valence-electron chi connectivity index (χ2n) is 5.93. The maximum atomic E-state index is 12.3. The summed E-state index contributed by atoms with van der Waals surface area (Å²) >= 11 is 0. The van der Waals surface area contributed by atoms with Crippen LogP contribution in [-0.4, -0.2) is 49.4 Å². The van der Waals surface area contributed by atoms with Gasteiger partial charge in [-0.2, -0.15) is 13.2 Å². The molecule has 2 N–H and O–H groups in total. The third-order valence-corrected chi connectivity index (χ3v) is 3.81. The van der Waals surface area contributed by atoms with Crippen LogP contribution in [0.2, 0.25) is 0 Å². The number of ether oxygens (including phenoxy) is 1. The standard InChI is InChI=1S/C18H21F3N2O5/c1-11(24)12-6-8-13(9-7-12)15(25)22-10-4-3-5-14(16(26)28-2)23-17(27)18(19,20)21/h6-9,14H,3-5,10H2,1-2H3,(H,22,25)(H,23,27). The van der Waals surface area contributed by atoms with Gasteiger partial charge in [0.15, 0.2) is 5.78 Å². The Hall–Kier alpha value is -2.91. The van der Waals surface area contributed by atoms with Crippen LogP contribution in [0.4, 0.5) is 13.2 Å². The van der Waals surface area contributed by atoms with Crippen molar-refractivity contribution in [1.29, 1.82) is 0 Å². The number of carbonyl (C=O) groups is 4. The van der Waals surface area contributed by atoms with Gasteiger partial charge in [-0.05, 0) is 38.3 Å². The number of alkyl halides is 3. The summed E-state index contributed by atoms with van der Waals surface area (Å²) in [7, 11) is 1.01. The van der Waals surface area contributed by atoms with E-state index in [1.165, 1.54) is 31.2 Å². The van der Waals surface area contributed by atoms with Crippen molar-refractivity contribution < 1.29 is 37.1 Å². The fourth-order valence-corrected chi connectivity index (χ4v) is 2.27. The minimum Gasteiger partial charge on any atom is -0.467 e. The van der Waals surface area contributed by atoms with Gasteiger partial charge in [-0.3, -0.25) is 14.4 Å². The van der Waals surface area contributed by atoms with E-state index in [2.05, 4.69) is 10.1 Å². The zero-order valence-electron chi connectivity index (χ0n) is 15.4. The molecule has 1 rings (SSSR count). The molecule has 2 amide bonds. The molecule has 0 spiro atoms. The summed E-state index contributed by atoms with van der Waals surface area (Å²) in [6.07, 6.45) is -4.54. The number of rotatable bonds is 9. The lowest BCUT2D eigenvalue weighted by molar-refractivity contribution is -0.175. The lowest BCUT2D eigenvalue weighted by Crippen LogP contribution is -2.47. The molecule has 0 saturated carbocycles. The summed E-state index contributed by atoms with van der Waals surface area (Å²) in [6.45, 7) is 1.63. The first-order valence-corrected chi connectivity index (χ1v) is 8.41. The largest absolute Gasteiger partial charge is 0.471 e.